The van der Waals surface area contributed by atoms with E-state index < -0.39 is 18.7 Å². The van der Waals surface area contributed by atoms with Crippen LogP contribution in [0.1, 0.15) is 10.4 Å². The van der Waals surface area contributed by atoms with E-state index in [0.717, 1.165) is 10.8 Å². The molecule has 28 heavy (non-hydrogen) atoms. The highest BCUT2D eigenvalue weighted by Crippen LogP contribution is 2.33. The van der Waals surface area contributed by atoms with Crippen molar-refractivity contribution in [3.8, 4) is 5.75 Å². The molecule has 1 heterocycles. The highest BCUT2D eigenvalue weighted by Gasteiger charge is 2.29. The lowest BCUT2D eigenvalue weighted by molar-refractivity contribution is -0.153. The Bertz CT molecular complexity index is 1170. The van der Waals surface area contributed by atoms with Gasteiger partial charge in [0.2, 0.25) is 0 Å². The van der Waals surface area contributed by atoms with E-state index in [2.05, 4.69) is 10.5 Å². The Morgan fingerprint density at radius 2 is 1.82 bits per heavy atom. The van der Waals surface area contributed by atoms with E-state index in [1.807, 2.05) is 30.3 Å². The molecular weight excluding hydrogens is 373 g/mol. The monoisotopic (exact) mass is 386 g/mol. The second kappa shape index (κ2) is 6.88. The third-order valence-electron chi connectivity index (χ3n) is 4.10. The molecule has 1 amide bonds. The Balaban J connectivity index is 1.64. The summed E-state index contributed by atoms with van der Waals surface area (Å²) >= 11 is 0. The number of nitrogens with one attached hydrogen (secondary N) is 1. The molecule has 0 aliphatic carbocycles. The van der Waals surface area contributed by atoms with Crippen LogP contribution in [0.25, 0.3) is 21.7 Å². The van der Waals surface area contributed by atoms with Gasteiger partial charge in [-0.2, -0.15) is 13.2 Å². The normalized spacial score (nSPS) is 11.7. The predicted molar refractivity (Wildman–Crippen MR) is 97.5 cm³/mol. The van der Waals surface area contributed by atoms with Crippen LogP contribution in [0.2, 0.25) is 0 Å². The van der Waals surface area contributed by atoms with Gasteiger partial charge in [0.1, 0.15) is 11.1 Å². The van der Waals surface area contributed by atoms with Gasteiger partial charge in [0.05, 0.1) is 0 Å². The maximum Gasteiger partial charge on any atom is 0.422 e. The molecule has 0 bridgehead atoms. The summed E-state index contributed by atoms with van der Waals surface area (Å²) in [6.45, 7) is -1.46. The number of nitrogens with zero attached hydrogens (tertiary/aromatic N) is 1. The lowest BCUT2D eigenvalue weighted by Crippen LogP contribution is -2.19. The fourth-order valence-electron chi connectivity index (χ4n) is 2.84. The van der Waals surface area contributed by atoms with Crippen LogP contribution in [0.15, 0.2) is 65.2 Å². The van der Waals surface area contributed by atoms with Gasteiger partial charge in [-0.1, -0.05) is 41.6 Å². The van der Waals surface area contributed by atoms with Crippen molar-refractivity contribution < 1.29 is 27.2 Å². The standard InChI is InChI=1S/C20H13F3N2O3/c21-20(22,23)11-27-15-6-3-7-16-17(15)18(25-28-16)24-19(26)14-9-8-12-4-1-2-5-13(12)10-14/h1-10H,11H2,(H,24,25,26). The molecule has 4 rings (SSSR count). The van der Waals surface area contributed by atoms with Crippen LogP contribution in [0.4, 0.5) is 19.0 Å². The van der Waals surface area contributed by atoms with Crippen molar-refractivity contribution in [3.05, 3.63) is 66.2 Å². The van der Waals surface area contributed by atoms with Gasteiger partial charge in [0.15, 0.2) is 18.0 Å². The zero-order chi connectivity index (χ0) is 19.7. The van der Waals surface area contributed by atoms with E-state index in [1.165, 1.54) is 18.2 Å². The number of rotatable bonds is 4. The first-order valence-corrected chi connectivity index (χ1v) is 8.29. The summed E-state index contributed by atoms with van der Waals surface area (Å²) in [5.74, 6) is -0.553. The molecule has 0 saturated heterocycles. The zero-order valence-corrected chi connectivity index (χ0v) is 14.3. The average molecular weight is 386 g/mol. The number of aromatic nitrogens is 1. The SMILES string of the molecule is O=C(Nc1noc2cccc(OCC(F)(F)F)c12)c1ccc2ccccc2c1. The smallest absolute Gasteiger partial charge is 0.422 e. The Labute approximate surface area is 156 Å². The minimum Gasteiger partial charge on any atom is -0.483 e. The summed E-state index contributed by atoms with van der Waals surface area (Å²) < 4.78 is 47.4. The molecule has 5 nitrogen and oxygen atoms in total. The highest BCUT2D eigenvalue weighted by atomic mass is 19.4. The maximum atomic E-state index is 12.6. The Hall–Kier alpha value is -3.55. The van der Waals surface area contributed by atoms with Crippen LogP contribution in [0.5, 0.6) is 5.75 Å². The lowest BCUT2D eigenvalue weighted by atomic mass is 10.1. The first-order valence-electron chi connectivity index (χ1n) is 8.29. The number of carbonyl (C=O) groups excluding carboxylic acids is 1. The number of fused-ring (bicyclic) bond motifs is 2. The Morgan fingerprint density at radius 3 is 2.61 bits per heavy atom. The van der Waals surface area contributed by atoms with Crippen LogP contribution < -0.4 is 10.1 Å². The molecule has 0 atom stereocenters. The summed E-state index contributed by atoms with van der Waals surface area (Å²) in [5.41, 5.74) is 0.581. The molecule has 0 fully saturated rings. The molecule has 8 heteroatoms. The molecule has 142 valence electrons. The van der Waals surface area contributed by atoms with Crippen molar-refractivity contribution in [1.29, 1.82) is 0 Å². The Kier molecular flexibility index (Phi) is 4.38. The fraction of sp³-hybridized carbons (Fsp3) is 0.100. The van der Waals surface area contributed by atoms with Gasteiger partial charge in [0.25, 0.3) is 5.91 Å². The van der Waals surface area contributed by atoms with Crippen molar-refractivity contribution in [3.63, 3.8) is 0 Å². The lowest BCUT2D eigenvalue weighted by Gasteiger charge is -2.10. The van der Waals surface area contributed by atoms with Gasteiger partial charge in [0, 0.05) is 5.56 Å². The Morgan fingerprint density at radius 1 is 1.04 bits per heavy atom. The highest BCUT2D eigenvalue weighted by molar-refractivity contribution is 6.10. The second-order valence-corrected chi connectivity index (χ2v) is 6.08. The van der Waals surface area contributed by atoms with Gasteiger partial charge in [-0.15, -0.1) is 0 Å². The topological polar surface area (TPSA) is 64.4 Å². The predicted octanol–water partition coefficient (Wildman–Crippen LogP) is 5.17. The quantitative estimate of drug-likeness (QED) is 0.525. The van der Waals surface area contributed by atoms with Crippen LogP contribution in [0.3, 0.4) is 0 Å². The number of alkyl halides is 3. The van der Waals surface area contributed by atoms with Crippen LogP contribution in [0, 0.1) is 0 Å². The molecule has 0 radical (unpaired) electrons. The van der Waals surface area contributed by atoms with Gasteiger partial charge in [-0.05, 0) is 35.0 Å². The number of hydrogen-bond donors (Lipinski definition) is 1. The minimum absolute atomic E-state index is 0.00840. The van der Waals surface area contributed by atoms with E-state index >= 15 is 0 Å². The van der Waals surface area contributed by atoms with E-state index in [-0.39, 0.29) is 22.5 Å². The molecule has 0 spiro atoms. The molecule has 0 aliphatic rings. The van der Waals surface area contributed by atoms with Crippen LogP contribution >= 0.6 is 0 Å². The first kappa shape index (κ1) is 17.8. The molecule has 1 N–H and O–H groups in total. The van der Waals surface area contributed by atoms with Crippen molar-refractivity contribution in [2.45, 2.75) is 6.18 Å². The van der Waals surface area contributed by atoms with E-state index in [0.29, 0.717) is 5.56 Å². The van der Waals surface area contributed by atoms with Crippen LogP contribution in [-0.2, 0) is 0 Å². The van der Waals surface area contributed by atoms with Gasteiger partial charge in [-0.3, -0.25) is 4.79 Å². The molecular formula is C20H13F3N2O3. The van der Waals surface area contributed by atoms with Gasteiger partial charge in [-0.25, -0.2) is 0 Å². The summed E-state index contributed by atoms with van der Waals surface area (Å²) in [7, 11) is 0. The third-order valence-corrected chi connectivity index (χ3v) is 4.10. The molecule has 0 aliphatic heterocycles. The number of ether oxygens (including phenoxy) is 1. The van der Waals surface area contributed by atoms with Crippen LogP contribution in [-0.4, -0.2) is 23.8 Å². The molecule has 0 saturated carbocycles. The number of halogens is 3. The third kappa shape index (κ3) is 3.62. The van der Waals surface area contributed by atoms with E-state index in [1.54, 1.807) is 12.1 Å². The summed E-state index contributed by atoms with van der Waals surface area (Å²) in [6.07, 6.45) is -4.49. The van der Waals surface area contributed by atoms with E-state index in [4.69, 9.17) is 9.26 Å². The number of amides is 1. The fourth-order valence-corrected chi connectivity index (χ4v) is 2.84. The molecule has 3 aromatic carbocycles. The molecule has 1 aromatic heterocycles. The number of anilines is 1. The largest absolute Gasteiger partial charge is 0.483 e. The van der Waals surface area contributed by atoms with Gasteiger partial charge < -0.3 is 14.6 Å². The van der Waals surface area contributed by atoms with Crippen molar-refractivity contribution >= 4 is 33.5 Å². The van der Waals surface area contributed by atoms with Crippen molar-refractivity contribution in [2.24, 2.45) is 0 Å². The number of hydrogen-bond acceptors (Lipinski definition) is 4. The number of benzene rings is 3. The summed E-state index contributed by atoms with van der Waals surface area (Å²) in [6, 6.07) is 17.1. The maximum absolute atomic E-state index is 12.6. The van der Waals surface area contributed by atoms with E-state index in [9.17, 15) is 18.0 Å². The minimum atomic E-state index is -4.49. The van der Waals surface area contributed by atoms with Crippen molar-refractivity contribution in [2.75, 3.05) is 11.9 Å². The van der Waals surface area contributed by atoms with Crippen molar-refractivity contribution in [1.82, 2.24) is 5.16 Å². The second-order valence-electron chi connectivity index (χ2n) is 6.08. The van der Waals surface area contributed by atoms with Gasteiger partial charge >= 0.3 is 6.18 Å². The molecule has 4 aromatic rings. The average Bonchev–Trinajstić information content (AvgIpc) is 3.09. The summed E-state index contributed by atoms with van der Waals surface area (Å²) in [4.78, 5) is 12.6. The number of carbonyl (C=O) groups is 1. The summed E-state index contributed by atoms with van der Waals surface area (Å²) in [5, 5.41) is 8.37. The zero-order valence-electron chi connectivity index (χ0n) is 14.3. The first-order chi connectivity index (χ1) is 13.4. The molecule has 0 unspecified atom stereocenters.